The molecule has 0 aromatic rings. The SMILES string of the molecule is COCO[C@@H]1CC[C@H](O)[C@@H]2CC(=O)C[C@@H](/C(C)=C\C(C)C)[C@@H]21. The molecule has 0 aliphatic heterocycles. The van der Waals surface area contributed by atoms with Gasteiger partial charge < -0.3 is 14.6 Å². The summed E-state index contributed by atoms with van der Waals surface area (Å²) in [6, 6.07) is 0. The summed E-state index contributed by atoms with van der Waals surface area (Å²) < 4.78 is 11.0. The molecule has 0 spiro atoms. The molecule has 2 fully saturated rings. The third kappa shape index (κ3) is 3.98. The molecule has 0 heterocycles. The first kappa shape index (κ1) is 17.6. The number of hydrogen-bond donors (Lipinski definition) is 1. The summed E-state index contributed by atoms with van der Waals surface area (Å²) in [6.45, 7) is 6.70. The first-order chi connectivity index (χ1) is 10.4. The minimum Gasteiger partial charge on any atom is -0.393 e. The Labute approximate surface area is 133 Å². The Morgan fingerprint density at radius 2 is 2.09 bits per heavy atom. The zero-order chi connectivity index (χ0) is 16.3. The van der Waals surface area contributed by atoms with Crippen LogP contribution >= 0.6 is 0 Å². The van der Waals surface area contributed by atoms with Gasteiger partial charge in [0.2, 0.25) is 0 Å². The number of allylic oxidation sites excluding steroid dienone is 2. The molecule has 4 heteroatoms. The van der Waals surface area contributed by atoms with Gasteiger partial charge in [-0.2, -0.15) is 0 Å². The molecular formula is C18H30O4. The van der Waals surface area contributed by atoms with Crippen LogP contribution in [0.1, 0.15) is 46.5 Å². The molecule has 2 rings (SSSR count). The number of methoxy groups -OCH3 is 1. The Kier molecular flexibility index (Phi) is 6.18. The van der Waals surface area contributed by atoms with Crippen molar-refractivity contribution in [2.24, 2.45) is 23.7 Å². The van der Waals surface area contributed by atoms with Crippen LogP contribution in [-0.2, 0) is 14.3 Å². The molecule has 0 saturated heterocycles. The molecular weight excluding hydrogens is 280 g/mol. The average molecular weight is 310 g/mol. The van der Waals surface area contributed by atoms with E-state index in [0.29, 0.717) is 25.2 Å². The number of carbonyl (C=O) groups excluding carboxylic acids is 1. The molecule has 0 aromatic heterocycles. The van der Waals surface area contributed by atoms with Crippen LogP contribution in [-0.4, -0.2) is 37.0 Å². The number of Topliss-reactive ketones (excluding diaryl/α,β-unsaturated/α-hetero) is 1. The smallest absolute Gasteiger partial charge is 0.146 e. The van der Waals surface area contributed by atoms with Crippen LogP contribution in [0.4, 0.5) is 0 Å². The summed E-state index contributed by atoms with van der Waals surface area (Å²) >= 11 is 0. The molecule has 0 amide bonds. The van der Waals surface area contributed by atoms with E-state index in [1.807, 2.05) is 0 Å². The highest BCUT2D eigenvalue weighted by atomic mass is 16.7. The van der Waals surface area contributed by atoms with Crippen molar-refractivity contribution in [1.29, 1.82) is 0 Å². The minimum atomic E-state index is -0.383. The minimum absolute atomic E-state index is 0.0253. The zero-order valence-electron chi connectivity index (χ0n) is 14.2. The first-order valence-corrected chi connectivity index (χ1v) is 8.42. The molecule has 2 aliphatic carbocycles. The standard InChI is InChI=1S/C18H30O4/c1-11(2)7-12(3)14-8-13(19)9-15-16(20)5-6-17(18(14)15)22-10-21-4/h7,11,14-18,20H,5-6,8-10H2,1-4H3/b12-7-/t14-,15-,16-,17+,18-/m0/s1. The molecule has 2 saturated carbocycles. The Morgan fingerprint density at radius 1 is 1.36 bits per heavy atom. The summed E-state index contributed by atoms with van der Waals surface area (Å²) in [5, 5.41) is 10.4. The second kappa shape index (κ2) is 7.71. The predicted molar refractivity (Wildman–Crippen MR) is 85.3 cm³/mol. The van der Waals surface area contributed by atoms with Gasteiger partial charge in [-0.15, -0.1) is 0 Å². The maximum absolute atomic E-state index is 12.2. The molecule has 4 nitrogen and oxygen atoms in total. The monoisotopic (exact) mass is 310 g/mol. The predicted octanol–water partition coefficient (Wildman–Crippen LogP) is 2.94. The van der Waals surface area contributed by atoms with E-state index >= 15 is 0 Å². The number of aliphatic hydroxyl groups excluding tert-OH is 1. The number of ether oxygens (including phenoxy) is 2. The summed E-state index contributed by atoms with van der Waals surface area (Å²) in [6.07, 6.45) is 4.55. The van der Waals surface area contributed by atoms with Crippen molar-refractivity contribution in [3.05, 3.63) is 11.6 Å². The van der Waals surface area contributed by atoms with Crippen LogP contribution in [0.15, 0.2) is 11.6 Å². The van der Waals surface area contributed by atoms with E-state index in [4.69, 9.17) is 9.47 Å². The van der Waals surface area contributed by atoms with Gasteiger partial charge >= 0.3 is 0 Å². The summed E-state index contributed by atoms with van der Waals surface area (Å²) in [5.74, 6) is 1.16. The lowest BCUT2D eigenvalue weighted by Crippen LogP contribution is -2.50. The number of carbonyl (C=O) groups is 1. The number of ketones is 1. The second-order valence-corrected chi connectivity index (χ2v) is 7.21. The molecule has 22 heavy (non-hydrogen) atoms. The van der Waals surface area contributed by atoms with Gasteiger partial charge in [0, 0.05) is 20.0 Å². The van der Waals surface area contributed by atoms with Crippen molar-refractivity contribution < 1.29 is 19.4 Å². The van der Waals surface area contributed by atoms with Crippen LogP contribution in [0.3, 0.4) is 0 Å². The van der Waals surface area contributed by atoms with Crippen molar-refractivity contribution in [2.75, 3.05) is 13.9 Å². The Bertz CT molecular complexity index is 413. The molecule has 1 N–H and O–H groups in total. The second-order valence-electron chi connectivity index (χ2n) is 7.21. The van der Waals surface area contributed by atoms with Crippen molar-refractivity contribution in [1.82, 2.24) is 0 Å². The summed E-state index contributed by atoms with van der Waals surface area (Å²) in [5.41, 5.74) is 1.26. The highest BCUT2D eigenvalue weighted by Crippen LogP contribution is 2.46. The van der Waals surface area contributed by atoms with E-state index in [1.54, 1.807) is 7.11 Å². The van der Waals surface area contributed by atoms with Crippen molar-refractivity contribution >= 4 is 5.78 Å². The third-order valence-electron chi connectivity index (χ3n) is 5.12. The van der Waals surface area contributed by atoms with Crippen LogP contribution in [0.5, 0.6) is 0 Å². The van der Waals surface area contributed by atoms with Crippen LogP contribution in [0.2, 0.25) is 0 Å². The average Bonchev–Trinajstić information content (AvgIpc) is 2.45. The van der Waals surface area contributed by atoms with Gasteiger partial charge in [-0.25, -0.2) is 0 Å². The molecule has 0 bridgehead atoms. The highest BCUT2D eigenvalue weighted by Gasteiger charge is 2.48. The van der Waals surface area contributed by atoms with Crippen LogP contribution < -0.4 is 0 Å². The molecule has 0 radical (unpaired) electrons. The highest BCUT2D eigenvalue weighted by molar-refractivity contribution is 5.80. The van der Waals surface area contributed by atoms with Gasteiger partial charge in [0.05, 0.1) is 12.2 Å². The van der Waals surface area contributed by atoms with Gasteiger partial charge in [0.15, 0.2) is 0 Å². The summed E-state index contributed by atoms with van der Waals surface area (Å²) in [7, 11) is 1.63. The Balaban J connectivity index is 2.26. The van der Waals surface area contributed by atoms with E-state index in [-0.39, 0.29) is 42.5 Å². The fourth-order valence-electron chi connectivity index (χ4n) is 4.29. The lowest BCUT2D eigenvalue weighted by Gasteiger charge is -2.47. The summed E-state index contributed by atoms with van der Waals surface area (Å²) in [4.78, 5) is 12.2. The van der Waals surface area contributed by atoms with Gasteiger partial charge in [0.25, 0.3) is 0 Å². The van der Waals surface area contributed by atoms with E-state index in [0.717, 1.165) is 6.42 Å². The van der Waals surface area contributed by atoms with E-state index < -0.39 is 0 Å². The van der Waals surface area contributed by atoms with Gasteiger partial charge in [0.1, 0.15) is 12.6 Å². The zero-order valence-corrected chi connectivity index (χ0v) is 14.2. The quantitative estimate of drug-likeness (QED) is 0.626. The normalized spacial score (nSPS) is 36.5. The van der Waals surface area contributed by atoms with Crippen molar-refractivity contribution in [3.8, 4) is 0 Å². The molecule has 2 aliphatic rings. The van der Waals surface area contributed by atoms with Crippen LogP contribution in [0.25, 0.3) is 0 Å². The number of rotatable bonds is 5. The maximum Gasteiger partial charge on any atom is 0.146 e. The Morgan fingerprint density at radius 3 is 2.73 bits per heavy atom. The molecule has 5 atom stereocenters. The number of hydrogen-bond acceptors (Lipinski definition) is 4. The fraction of sp³-hybridized carbons (Fsp3) is 0.833. The lowest BCUT2D eigenvalue weighted by molar-refractivity contribution is -0.157. The maximum atomic E-state index is 12.2. The fourth-order valence-corrected chi connectivity index (χ4v) is 4.29. The van der Waals surface area contributed by atoms with Crippen molar-refractivity contribution in [2.45, 2.75) is 58.7 Å². The molecule has 0 aromatic carbocycles. The Hall–Kier alpha value is -0.710. The number of aliphatic hydroxyl groups is 1. The molecule has 0 unspecified atom stereocenters. The third-order valence-corrected chi connectivity index (χ3v) is 5.12. The van der Waals surface area contributed by atoms with Gasteiger partial charge in [-0.05, 0) is 43.4 Å². The first-order valence-electron chi connectivity index (χ1n) is 8.42. The van der Waals surface area contributed by atoms with Crippen LogP contribution in [0, 0.1) is 23.7 Å². The van der Waals surface area contributed by atoms with E-state index in [2.05, 4.69) is 26.8 Å². The largest absolute Gasteiger partial charge is 0.393 e. The van der Waals surface area contributed by atoms with Crippen molar-refractivity contribution in [3.63, 3.8) is 0 Å². The van der Waals surface area contributed by atoms with E-state index in [9.17, 15) is 9.90 Å². The topological polar surface area (TPSA) is 55.8 Å². The van der Waals surface area contributed by atoms with E-state index in [1.165, 1.54) is 5.57 Å². The van der Waals surface area contributed by atoms with Gasteiger partial charge in [-0.3, -0.25) is 4.79 Å². The molecule has 126 valence electrons. The lowest BCUT2D eigenvalue weighted by atomic mass is 9.61. The van der Waals surface area contributed by atoms with Gasteiger partial charge in [-0.1, -0.05) is 25.5 Å². The number of fused-ring (bicyclic) bond motifs is 1.